The van der Waals surface area contributed by atoms with E-state index in [1.54, 1.807) is 11.9 Å². The number of halogens is 1. The van der Waals surface area contributed by atoms with Crippen LogP contribution in [0.4, 0.5) is 4.39 Å². The molecule has 0 spiro atoms. The SMILES string of the molecule is CN(Cc1cc(F)ccc1C(=O)O)C1CCS(=O)(=O)C1. The highest BCUT2D eigenvalue weighted by Gasteiger charge is 2.31. The van der Waals surface area contributed by atoms with E-state index in [-0.39, 0.29) is 29.7 Å². The fourth-order valence-corrected chi connectivity index (χ4v) is 4.23. The smallest absolute Gasteiger partial charge is 0.336 e. The average Bonchev–Trinajstić information content (AvgIpc) is 2.69. The van der Waals surface area contributed by atoms with Crippen LogP contribution in [-0.4, -0.2) is 49.0 Å². The molecule has 1 aliphatic heterocycles. The molecular weight excluding hydrogens is 285 g/mol. The maximum atomic E-state index is 13.3. The van der Waals surface area contributed by atoms with Crippen LogP contribution in [-0.2, 0) is 16.4 Å². The molecule has 1 aliphatic rings. The molecule has 1 unspecified atom stereocenters. The summed E-state index contributed by atoms with van der Waals surface area (Å²) in [4.78, 5) is 12.9. The number of benzene rings is 1. The first-order valence-electron chi connectivity index (χ1n) is 6.21. The molecule has 1 fully saturated rings. The van der Waals surface area contributed by atoms with Gasteiger partial charge in [-0.2, -0.15) is 0 Å². The molecule has 0 radical (unpaired) electrons. The van der Waals surface area contributed by atoms with Gasteiger partial charge in [-0.25, -0.2) is 17.6 Å². The number of rotatable bonds is 4. The maximum Gasteiger partial charge on any atom is 0.336 e. The van der Waals surface area contributed by atoms with Gasteiger partial charge in [0.05, 0.1) is 17.1 Å². The number of carbonyl (C=O) groups is 1. The Morgan fingerprint density at radius 2 is 2.20 bits per heavy atom. The molecule has 1 saturated heterocycles. The van der Waals surface area contributed by atoms with E-state index < -0.39 is 21.6 Å². The fraction of sp³-hybridized carbons (Fsp3) is 0.462. The van der Waals surface area contributed by atoms with Gasteiger partial charge in [-0.3, -0.25) is 4.90 Å². The molecule has 110 valence electrons. The van der Waals surface area contributed by atoms with E-state index in [1.165, 1.54) is 12.1 Å². The molecule has 1 N–H and O–H groups in total. The van der Waals surface area contributed by atoms with Crippen LogP contribution in [0.2, 0.25) is 0 Å². The Morgan fingerprint density at radius 1 is 1.50 bits per heavy atom. The molecule has 1 heterocycles. The van der Waals surface area contributed by atoms with E-state index in [0.29, 0.717) is 12.0 Å². The van der Waals surface area contributed by atoms with Gasteiger partial charge in [-0.1, -0.05) is 0 Å². The summed E-state index contributed by atoms with van der Waals surface area (Å²) >= 11 is 0. The van der Waals surface area contributed by atoms with Gasteiger partial charge in [0.25, 0.3) is 0 Å². The number of carboxylic acids is 1. The van der Waals surface area contributed by atoms with Crippen molar-refractivity contribution in [3.05, 3.63) is 35.1 Å². The number of hydrogen-bond acceptors (Lipinski definition) is 4. The molecule has 0 bridgehead atoms. The topological polar surface area (TPSA) is 74.7 Å². The first kappa shape index (κ1) is 14.9. The van der Waals surface area contributed by atoms with Crippen molar-refractivity contribution < 1.29 is 22.7 Å². The maximum absolute atomic E-state index is 13.3. The zero-order valence-electron chi connectivity index (χ0n) is 11.0. The summed E-state index contributed by atoms with van der Waals surface area (Å²) in [5.41, 5.74) is 0.392. The van der Waals surface area contributed by atoms with Crippen molar-refractivity contribution >= 4 is 15.8 Å². The molecule has 2 rings (SSSR count). The van der Waals surface area contributed by atoms with Crippen LogP contribution >= 0.6 is 0 Å². The molecule has 1 atom stereocenters. The third-order valence-electron chi connectivity index (χ3n) is 3.55. The predicted octanol–water partition coefficient (Wildman–Crippen LogP) is 1.14. The zero-order valence-corrected chi connectivity index (χ0v) is 11.9. The van der Waals surface area contributed by atoms with Crippen LogP contribution in [0, 0.1) is 5.82 Å². The van der Waals surface area contributed by atoms with Crippen molar-refractivity contribution in [1.29, 1.82) is 0 Å². The predicted molar refractivity (Wildman–Crippen MR) is 71.9 cm³/mol. The summed E-state index contributed by atoms with van der Waals surface area (Å²) in [5.74, 6) is -1.40. The lowest BCUT2D eigenvalue weighted by molar-refractivity contribution is 0.0694. The molecule has 5 nitrogen and oxygen atoms in total. The number of hydrogen-bond donors (Lipinski definition) is 1. The van der Waals surface area contributed by atoms with Gasteiger partial charge in [-0.15, -0.1) is 0 Å². The first-order valence-corrected chi connectivity index (χ1v) is 8.03. The van der Waals surface area contributed by atoms with E-state index >= 15 is 0 Å². The molecule has 0 aromatic heterocycles. The van der Waals surface area contributed by atoms with Gasteiger partial charge in [0, 0.05) is 12.6 Å². The van der Waals surface area contributed by atoms with E-state index in [4.69, 9.17) is 5.11 Å². The number of aromatic carboxylic acids is 1. The van der Waals surface area contributed by atoms with Crippen molar-refractivity contribution in [2.24, 2.45) is 0 Å². The second-order valence-corrected chi connectivity index (χ2v) is 7.31. The molecule has 0 saturated carbocycles. The summed E-state index contributed by atoms with van der Waals surface area (Å²) in [7, 11) is -1.28. The lowest BCUT2D eigenvalue weighted by Crippen LogP contribution is -2.32. The Balaban J connectivity index is 2.17. The Morgan fingerprint density at radius 3 is 2.75 bits per heavy atom. The highest BCUT2D eigenvalue weighted by atomic mass is 32.2. The Labute approximate surface area is 116 Å². The number of sulfone groups is 1. The summed E-state index contributed by atoms with van der Waals surface area (Å²) in [6, 6.07) is 3.37. The molecule has 20 heavy (non-hydrogen) atoms. The monoisotopic (exact) mass is 301 g/mol. The molecule has 1 aromatic rings. The molecular formula is C13H16FNO4S. The Bertz CT molecular complexity index is 629. The number of carboxylic acid groups (broad SMARTS) is 1. The molecule has 0 amide bonds. The fourth-order valence-electron chi connectivity index (χ4n) is 2.42. The van der Waals surface area contributed by atoms with Crippen LogP contribution in [0.5, 0.6) is 0 Å². The van der Waals surface area contributed by atoms with Crippen molar-refractivity contribution in [2.45, 2.75) is 19.0 Å². The third kappa shape index (κ3) is 3.34. The van der Waals surface area contributed by atoms with Gasteiger partial charge >= 0.3 is 5.97 Å². The van der Waals surface area contributed by atoms with Gasteiger partial charge < -0.3 is 5.11 Å². The minimum absolute atomic E-state index is 0.0408. The lowest BCUT2D eigenvalue weighted by Gasteiger charge is -2.23. The largest absolute Gasteiger partial charge is 0.478 e. The Hall–Kier alpha value is -1.47. The highest BCUT2D eigenvalue weighted by molar-refractivity contribution is 7.91. The Kier molecular flexibility index (Phi) is 4.10. The van der Waals surface area contributed by atoms with E-state index in [2.05, 4.69) is 0 Å². The summed E-state index contributed by atoms with van der Waals surface area (Å²) in [6.45, 7) is 0.208. The minimum atomic E-state index is -3.00. The first-order chi connectivity index (χ1) is 9.28. The van der Waals surface area contributed by atoms with Crippen molar-refractivity contribution in [3.8, 4) is 0 Å². The van der Waals surface area contributed by atoms with Gasteiger partial charge in [0.2, 0.25) is 0 Å². The quantitative estimate of drug-likeness (QED) is 0.903. The van der Waals surface area contributed by atoms with Crippen LogP contribution in [0.3, 0.4) is 0 Å². The van der Waals surface area contributed by atoms with Gasteiger partial charge in [0.15, 0.2) is 9.84 Å². The van der Waals surface area contributed by atoms with Crippen molar-refractivity contribution in [2.75, 3.05) is 18.6 Å². The summed E-state index contributed by atoms with van der Waals surface area (Å²) in [5, 5.41) is 9.08. The van der Waals surface area contributed by atoms with E-state index in [1.807, 2.05) is 0 Å². The normalized spacial score (nSPS) is 21.2. The zero-order chi connectivity index (χ0) is 14.9. The molecule has 1 aromatic carbocycles. The molecule has 0 aliphatic carbocycles. The minimum Gasteiger partial charge on any atom is -0.478 e. The average molecular weight is 301 g/mol. The van der Waals surface area contributed by atoms with E-state index in [9.17, 15) is 17.6 Å². The highest BCUT2D eigenvalue weighted by Crippen LogP contribution is 2.20. The second-order valence-electron chi connectivity index (χ2n) is 5.08. The van der Waals surface area contributed by atoms with Crippen LogP contribution < -0.4 is 0 Å². The lowest BCUT2D eigenvalue weighted by atomic mass is 10.1. The second kappa shape index (κ2) is 5.49. The summed E-state index contributed by atoms with van der Waals surface area (Å²) < 4.78 is 36.1. The summed E-state index contributed by atoms with van der Waals surface area (Å²) in [6.07, 6.45) is 0.524. The third-order valence-corrected chi connectivity index (χ3v) is 5.30. The number of nitrogens with zero attached hydrogens (tertiary/aromatic N) is 1. The van der Waals surface area contributed by atoms with Crippen molar-refractivity contribution in [3.63, 3.8) is 0 Å². The van der Waals surface area contributed by atoms with Gasteiger partial charge in [0.1, 0.15) is 5.82 Å². The van der Waals surface area contributed by atoms with Crippen LogP contribution in [0.25, 0.3) is 0 Å². The van der Waals surface area contributed by atoms with Crippen LogP contribution in [0.1, 0.15) is 22.3 Å². The van der Waals surface area contributed by atoms with E-state index in [0.717, 1.165) is 6.07 Å². The van der Waals surface area contributed by atoms with Crippen molar-refractivity contribution in [1.82, 2.24) is 4.90 Å². The standard InChI is InChI=1S/C13H16FNO4S/c1-15(11-4-5-20(18,19)8-11)7-9-6-10(14)2-3-12(9)13(16)17/h2-3,6,11H,4-5,7-8H2,1H3,(H,16,17). The van der Waals surface area contributed by atoms with Crippen LogP contribution in [0.15, 0.2) is 18.2 Å². The molecule has 7 heteroatoms. The van der Waals surface area contributed by atoms with Gasteiger partial charge in [-0.05, 0) is 37.2 Å².